The first kappa shape index (κ1) is 16.5. The molecule has 0 aliphatic carbocycles. The van der Waals surface area contributed by atoms with Gasteiger partial charge in [-0.25, -0.2) is 0 Å². The van der Waals surface area contributed by atoms with Gasteiger partial charge < -0.3 is 20.5 Å². The molecule has 21 heavy (non-hydrogen) atoms. The van der Waals surface area contributed by atoms with Crippen LogP contribution in [0.1, 0.15) is 23.7 Å². The van der Waals surface area contributed by atoms with E-state index in [0.717, 1.165) is 0 Å². The minimum absolute atomic E-state index is 0.0928. The first-order valence-corrected chi connectivity index (χ1v) is 6.31. The molecule has 0 saturated heterocycles. The summed E-state index contributed by atoms with van der Waals surface area (Å²) >= 11 is 0. The number of ether oxygens (including phenoxy) is 2. The topological polar surface area (TPSA) is 108 Å². The van der Waals surface area contributed by atoms with Crippen LogP contribution in [0.25, 0.3) is 0 Å². The van der Waals surface area contributed by atoms with Gasteiger partial charge in [0.15, 0.2) is 6.61 Å². The molecule has 0 aromatic heterocycles. The van der Waals surface area contributed by atoms with Gasteiger partial charge in [0.25, 0.3) is 5.91 Å². The highest BCUT2D eigenvalue weighted by Crippen LogP contribution is 2.11. The molecule has 0 fully saturated rings. The number of carbonyl (C=O) groups excluding carboxylic acids is 3. The Bertz CT molecular complexity index is 513. The molecule has 1 unspecified atom stereocenters. The molecule has 7 nitrogen and oxygen atoms in total. The summed E-state index contributed by atoms with van der Waals surface area (Å²) in [4.78, 5) is 33.5. The summed E-state index contributed by atoms with van der Waals surface area (Å²) < 4.78 is 9.76. The lowest BCUT2D eigenvalue weighted by molar-refractivity contribution is -0.141. The number of hydrogen-bond acceptors (Lipinski definition) is 5. The maximum absolute atomic E-state index is 11.6. The minimum Gasteiger partial charge on any atom is -0.484 e. The molecule has 0 spiro atoms. The zero-order chi connectivity index (χ0) is 15.8. The highest BCUT2D eigenvalue weighted by molar-refractivity contribution is 5.92. The zero-order valence-corrected chi connectivity index (χ0v) is 11.9. The van der Waals surface area contributed by atoms with Crippen molar-refractivity contribution in [2.45, 2.75) is 19.4 Å². The normalized spacial score (nSPS) is 11.3. The molecule has 0 aliphatic heterocycles. The molecule has 0 saturated carbocycles. The third-order valence-electron chi connectivity index (χ3n) is 2.62. The van der Waals surface area contributed by atoms with Crippen LogP contribution in [0.15, 0.2) is 24.3 Å². The van der Waals surface area contributed by atoms with Gasteiger partial charge in [0.1, 0.15) is 5.75 Å². The summed E-state index contributed by atoms with van der Waals surface area (Å²) in [6, 6.07) is 5.77. The molecule has 0 radical (unpaired) electrons. The molecule has 1 aromatic rings. The lowest BCUT2D eigenvalue weighted by Crippen LogP contribution is -2.37. The summed E-state index contributed by atoms with van der Waals surface area (Å²) in [7, 11) is 1.29. The molecule has 0 bridgehead atoms. The fourth-order valence-corrected chi connectivity index (χ4v) is 1.57. The first-order valence-electron chi connectivity index (χ1n) is 6.31. The number of nitrogens with one attached hydrogen (secondary N) is 1. The highest BCUT2D eigenvalue weighted by Gasteiger charge is 2.12. The van der Waals surface area contributed by atoms with Gasteiger partial charge in [-0.15, -0.1) is 0 Å². The largest absolute Gasteiger partial charge is 0.484 e. The molecule has 1 rings (SSSR count). The van der Waals surface area contributed by atoms with Gasteiger partial charge in [-0.2, -0.15) is 0 Å². The van der Waals surface area contributed by atoms with Crippen LogP contribution in [0.2, 0.25) is 0 Å². The Kier molecular flexibility index (Phi) is 6.19. The van der Waals surface area contributed by atoms with Crippen LogP contribution in [0.5, 0.6) is 5.75 Å². The summed E-state index contributed by atoms with van der Waals surface area (Å²) in [6.07, 6.45) is 0.0928. The van der Waals surface area contributed by atoms with E-state index in [1.165, 1.54) is 19.2 Å². The molecule has 0 aliphatic rings. The van der Waals surface area contributed by atoms with Crippen molar-refractivity contribution in [3.63, 3.8) is 0 Å². The van der Waals surface area contributed by atoms with Gasteiger partial charge in [0.05, 0.1) is 13.5 Å². The third-order valence-corrected chi connectivity index (χ3v) is 2.62. The number of carbonyl (C=O) groups is 3. The van der Waals surface area contributed by atoms with Crippen molar-refractivity contribution in [1.29, 1.82) is 0 Å². The Balaban J connectivity index is 2.39. The molecule has 1 aromatic carbocycles. The van der Waals surface area contributed by atoms with E-state index in [1.54, 1.807) is 19.1 Å². The van der Waals surface area contributed by atoms with Crippen LogP contribution in [-0.4, -0.2) is 37.5 Å². The minimum atomic E-state index is -0.532. The van der Waals surface area contributed by atoms with E-state index in [0.29, 0.717) is 11.3 Å². The molecular formula is C14H18N2O5. The highest BCUT2D eigenvalue weighted by atomic mass is 16.5. The molecule has 3 N–H and O–H groups in total. The van der Waals surface area contributed by atoms with Crippen LogP contribution < -0.4 is 15.8 Å². The van der Waals surface area contributed by atoms with Crippen LogP contribution in [0.4, 0.5) is 0 Å². The molecule has 0 heterocycles. The van der Waals surface area contributed by atoms with Gasteiger partial charge >= 0.3 is 5.97 Å². The second kappa shape index (κ2) is 7.88. The lowest BCUT2D eigenvalue weighted by atomic mass is 10.2. The van der Waals surface area contributed by atoms with Crippen LogP contribution in [0.3, 0.4) is 0 Å². The number of methoxy groups -OCH3 is 1. The zero-order valence-electron chi connectivity index (χ0n) is 11.9. The molecule has 2 amide bonds. The Labute approximate surface area is 122 Å². The number of esters is 1. The van der Waals surface area contributed by atoms with Crippen LogP contribution in [0, 0.1) is 0 Å². The van der Waals surface area contributed by atoms with E-state index in [9.17, 15) is 14.4 Å². The van der Waals surface area contributed by atoms with E-state index >= 15 is 0 Å². The van der Waals surface area contributed by atoms with Gasteiger partial charge in [-0.3, -0.25) is 14.4 Å². The van der Waals surface area contributed by atoms with Crippen molar-refractivity contribution in [3.05, 3.63) is 29.8 Å². The van der Waals surface area contributed by atoms with E-state index in [4.69, 9.17) is 10.5 Å². The number of hydrogen-bond donors (Lipinski definition) is 2. The summed E-state index contributed by atoms with van der Waals surface area (Å²) in [5.74, 6) is -0.845. The molecule has 7 heteroatoms. The van der Waals surface area contributed by atoms with E-state index in [2.05, 4.69) is 10.1 Å². The standard InChI is InChI=1S/C14H18N2O5/c1-9(7-13(18)20-2)16-12(17)8-21-11-5-3-10(4-6-11)14(15)19/h3-6,9H,7-8H2,1-2H3,(H2,15,19)(H,16,17). The second-order valence-electron chi connectivity index (χ2n) is 4.43. The molecular weight excluding hydrogens is 276 g/mol. The summed E-state index contributed by atoms with van der Waals surface area (Å²) in [5, 5.41) is 2.61. The van der Waals surface area contributed by atoms with Crippen molar-refractivity contribution in [3.8, 4) is 5.75 Å². The molecule has 114 valence electrons. The Hall–Kier alpha value is -2.57. The quantitative estimate of drug-likeness (QED) is 0.700. The van der Waals surface area contributed by atoms with Crippen molar-refractivity contribution >= 4 is 17.8 Å². The fraction of sp³-hybridized carbons (Fsp3) is 0.357. The average molecular weight is 294 g/mol. The molecule has 1 atom stereocenters. The van der Waals surface area contributed by atoms with Crippen molar-refractivity contribution in [2.75, 3.05) is 13.7 Å². The van der Waals surface area contributed by atoms with Gasteiger partial charge in [0.2, 0.25) is 5.91 Å². The van der Waals surface area contributed by atoms with Gasteiger partial charge in [0, 0.05) is 11.6 Å². The van der Waals surface area contributed by atoms with Gasteiger partial charge in [-0.05, 0) is 31.2 Å². The monoisotopic (exact) mass is 294 g/mol. The van der Waals surface area contributed by atoms with Crippen LogP contribution >= 0.6 is 0 Å². The number of primary amides is 1. The predicted molar refractivity (Wildman–Crippen MR) is 74.7 cm³/mol. The maximum Gasteiger partial charge on any atom is 0.307 e. The second-order valence-corrected chi connectivity index (χ2v) is 4.43. The Morgan fingerprint density at radius 1 is 1.24 bits per heavy atom. The maximum atomic E-state index is 11.6. The van der Waals surface area contributed by atoms with E-state index in [-0.39, 0.29) is 25.0 Å². The predicted octanol–water partition coefficient (Wildman–Crippen LogP) is 0.232. The number of rotatable bonds is 7. The van der Waals surface area contributed by atoms with Gasteiger partial charge in [-0.1, -0.05) is 0 Å². The number of nitrogens with two attached hydrogens (primary N) is 1. The first-order chi connectivity index (χ1) is 9.92. The van der Waals surface area contributed by atoms with Crippen molar-refractivity contribution in [2.24, 2.45) is 5.73 Å². The van der Waals surface area contributed by atoms with Crippen molar-refractivity contribution in [1.82, 2.24) is 5.32 Å². The Morgan fingerprint density at radius 2 is 1.86 bits per heavy atom. The summed E-state index contributed by atoms with van der Waals surface area (Å²) in [6.45, 7) is 1.50. The number of benzene rings is 1. The fourth-order valence-electron chi connectivity index (χ4n) is 1.57. The van der Waals surface area contributed by atoms with E-state index in [1.807, 2.05) is 0 Å². The number of amides is 2. The third kappa shape index (κ3) is 5.94. The summed E-state index contributed by atoms with van der Waals surface area (Å²) in [5.41, 5.74) is 5.47. The Morgan fingerprint density at radius 3 is 2.38 bits per heavy atom. The van der Waals surface area contributed by atoms with E-state index < -0.39 is 11.9 Å². The smallest absolute Gasteiger partial charge is 0.307 e. The lowest BCUT2D eigenvalue weighted by Gasteiger charge is -2.13. The van der Waals surface area contributed by atoms with Crippen LogP contribution in [-0.2, 0) is 14.3 Å². The average Bonchev–Trinajstić information content (AvgIpc) is 2.45. The van der Waals surface area contributed by atoms with Crippen molar-refractivity contribution < 1.29 is 23.9 Å². The SMILES string of the molecule is COC(=O)CC(C)NC(=O)COc1ccc(C(N)=O)cc1.